The lowest BCUT2D eigenvalue weighted by Crippen LogP contribution is -2.46. The number of nitrogens with zero attached hydrogens (tertiary/aromatic N) is 3. The van der Waals surface area contributed by atoms with Crippen molar-refractivity contribution in [2.75, 3.05) is 13.1 Å². The number of urea groups is 1. The number of nitrogens with two attached hydrogens (primary N) is 1. The van der Waals surface area contributed by atoms with Gasteiger partial charge in [0, 0.05) is 19.1 Å². The summed E-state index contributed by atoms with van der Waals surface area (Å²) in [5, 5.41) is 9.94. The number of rotatable bonds is 3. The molecule has 1 aliphatic rings. The number of piperidine rings is 1. The van der Waals surface area contributed by atoms with Crippen molar-refractivity contribution >= 4 is 6.03 Å². The molecule has 0 unspecified atom stereocenters. The molecule has 1 saturated heterocycles. The van der Waals surface area contributed by atoms with Gasteiger partial charge in [-0.3, -0.25) is 5.10 Å². The lowest BCUT2D eigenvalue weighted by atomic mass is 10.1. The molecular formula is C9H16N6O. The number of hydrogen-bond donors (Lipinski definition) is 3. The minimum Gasteiger partial charge on any atom is -0.351 e. The van der Waals surface area contributed by atoms with Gasteiger partial charge < -0.3 is 16.0 Å². The third-order valence-electron chi connectivity index (χ3n) is 2.83. The summed E-state index contributed by atoms with van der Waals surface area (Å²) in [6.07, 6.45) is 3.35. The first kappa shape index (κ1) is 10.9. The van der Waals surface area contributed by atoms with Crippen LogP contribution in [-0.2, 0) is 6.54 Å². The number of aromatic amines is 1. The predicted molar refractivity (Wildman–Crippen MR) is 57.4 cm³/mol. The summed E-state index contributed by atoms with van der Waals surface area (Å²) in [5.74, 6) is 0.831. The molecule has 7 nitrogen and oxygen atoms in total. The second kappa shape index (κ2) is 4.93. The van der Waals surface area contributed by atoms with Crippen molar-refractivity contribution in [3.63, 3.8) is 0 Å². The molecule has 0 radical (unpaired) electrons. The lowest BCUT2D eigenvalue weighted by molar-refractivity contribution is 0.185. The Bertz CT molecular complexity index is 330. The van der Waals surface area contributed by atoms with Gasteiger partial charge in [0.25, 0.3) is 0 Å². The third kappa shape index (κ3) is 2.69. The van der Waals surface area contributed by atoms with Crippen molar-refractivity contribution in [1.82, 2.24) is 25.4 Å². The second-order valence-corrected chi connectivity index (χ2v) is 3.91. The van der Waals surface area contributed by atoms with Crippen LogP contribution in [-0.4, -0.2) is 45.2 Å². The molecular weight excluding hydrogens is 208 g/mol. The third-order valence-corrected chi connectivity index (χ3v) is 2.83. The molecule has 2 amide bonds. The van der Waals surface area contributed by atoms with E-state index in [0.29, 0.717) is 12.6 Å². The molecule has 0 aromatic carbocycles. The van der Waals surface area contributed by atoms with Gasteiger partial charge in [-0.15, -0.1) is 0 Å². The van der Waals surface area contributed by atoms with Crippen molar-refractivity contribution in [2.24, 2.45) is 5.73 Å². The van der Waals surface area contributed by atoms with Gasteiger partial charge in [-0.1, -0.05) is 0 Å². The molecule has 4 N–H and O–H groups in total. The van der Waals surface area contributed by atoms with Crippen molar-refractivity contribution < 1.29 is 4.79 Å². The number of likely N-dealkylation sites (tertiary alicyclic amines) is 1. The maximum Gasteiger partial charge on any atom is 0.314 e. The zero-order valence-electron chi connectivity index (χ0n) is 9.02. The quantitative estimate of drug-likeness (QED) is 0.640. The van der Waals surface area contributed by atoms with Crippen LogP contribution in [0.4, 0.5) is 4.79 Å². The Morgan fingerprint density at radius 1 is 1.62 bits per heavy atom. The highest BCUT2D eigenvalue weighted by Gasteiger charge is 2.20. The largest absolute Gasteiger partial charge is 0.351 e. The SMILES string of the molecule is NC(=O)N1CCC(NCc2ncn[nH]2)CC1. The topological polar surface area (TPSA) is 99.9 Å². The van der Waals surface area contributed by atoms with Crippen LogP contribution in [0.2, 0.25) is 0 Å². The second-order valence-electron chi connectivity index (χ2n) is 3.91. The molecule has 0 saturated carbocycles. The highest BCUT2D eigenvalue weighted by Crippen LogP contribution is 2.10. The van der Waals surface area contributed by atoms with Gasteiger partial charge >= 0.3 is 6.03 Å². The van der Waals surface area contributed by atoms with E-state index in [1.165, 1.54) is 6.33 Å². The molecule has 2 heterocycles. The molecule has 1 aromatic heterocycles. The number of H-pyrrole nitrogens is 1. The molecule has 7 heteroatoms. The van der Waals surface area contributed by atoms with E-state index in [1.807, 2.05) is 0 Å². The van der Waals surface area contributed by atoms with Crippen molar-refractivity contribution in [3.8, 4) is 0 Å². The fraction of sp³-hybridized carbons (Fsp3) is 0.667. The molecule has 0 spiro atoms. The first-order valence-electron chi connectivity index (χ1n) is 5.37. The monoisotopic (exact) mass is 224 g/mol. The van der Waals surface area contributed by atoms with E-state index in [-0.39, 0.29) is 6.03 Å². The summed E-state index contributed by atoms with van der Waals surface area (Å²) in [6, 6.07) is 0.0920. The molecule has 16 heavy (non-hydrogen) atoms. The average molecular weight is 224 g/mol. The fourth-order valence-electron chi connectivity index (χ4n) is 1.86. The molecule has 88 valence electrons. The van der Waals surface area contributed by atoms with E-state index < -0.39 is 0 Å². The molecule has 0 atom stereocenters. The van der Waals surface area contributed by atoms with Crippen LogP contribution in [0.1, 0.15) is 18.7 Å². The van der Waals surface area contributed by atoms with Crippen LogP contribution in [0.25, 0.3) is 0 Å². The van der Waals surface area contributed by atoms with E-state index in [2.05, 4.69) is 20.5 Å². The van der Waals surface area contributed by atoms with E-state index in [9.17, 15) is 4.79 Å². The van der Waals surface area contributed by atoms with Crippen LogP contribution < -0.4 is 11.1 Å². The number of aromatic nitrogens is 3. The van der Waals surface area contributed by atoms with E-state index >= 15 is 0 Å². The molecule has 1 aromatic rings. The number of carbonyl (C=O) groups is 1. The van der Waals surface area contributed by atoms with Gasteiger partial charge in [0.1, 0.15) is 12.2 Å². The van der Waals surface area contributed by atoms with Crippen LogP contribution in [0, 0.1) is 0 Å². The zero-order valence-corrected chi connectivity index (χ0v) is 9.02. The van der Waals surface area contributed by atoms with Crippen LogP contribution in [0.15, 0.2) is 6.33 Å². The first-order chi connectivity index (χ1) is 7.75. The number of primary amides is 1. The molecule has 0 bridgehead atoms. The summed E-state index contributed by atoms with van der Waals surface area (Å²) in [6.45, 7) is 2.13. The zero-order chi connectivity index (χ0) is 11.4. The minimum atomic E-state index is -0.325. The molecule has 0 aliphatic carbocycles. The van der Waals surface area contributed by atoms with Gasteiger partial charge in [0.15, 0.2) is 0 Å². The van der Waals surface area contributed by atoms with Gasteiger partial charge in [-0.2, -0.15) is 5.10 Å². The number of carbonyl (C=O) groups excluding carboxylic acids is 1. The van der Waals surface area contributed by atoms with Gasteiger partial charge in [-0.25, -0.2) is 9.78 Å². The Labute approximate surface area is 93.4 Å². The summed E-state index contributed by atoms with van der Waals surface area (Å²) in [4.78, 5) is 16.6. The Morgan fingerprint density at radius 3 is 2.94 bits per heavy atom. The Hall–Kier alpha value is -1.63. The summed E-state index contributed by atoms with van der Waals surface area (Å²) in [5.41, 5.74) is 5.21. The van der Waals surface area contributed by atoms with E-state index in [4.69, 9.17) is 5.73 Å². The standard InChI is InChI=1S/C9H16N6O/c10-9(16)15-3-1-7(2-4-15)11-5-8-12-6-13-14-8/h6-7,11H,1-5H2,(H2,10,16)(H,12,13,14). The van der Waals surface area contributed by atoms with Crippen LogP contribution in [0.3, 0.4) is 0 Å². The van der Waals surface area contributed by atoms with Gasteiger partial charge in [0.05, 0.1) is 6.54 Å². The summed E-state index contributed by atoms with van der Waals surface area (Å²) < 4.78 is 0. The predicted octanol–water partition coefficient (Wildman–Crippen LogP) is -0.563. The number of hydrogen-bond acceptors (Lipinski definition) is 4. The van der Waals surface area contributed by atoms with E-state index in [1.54, 1.807) is 4.90 Å². The van der Waals surface area contributed by atoms with Gasteiger partial charge in [0.2, 0.25) is 0 Å². The average Bonchev–Trinajstić information content (AvgIpc) is 2.80. The maximum absolute atomic E-state index is 10.9. The highest BCUT2D eigenvalue weighted by molar-refractivity contribution is 5.72. The highest BCUT2D eigenvalue weighted by atomic mass is 16.2. The number of amides is 2. The Morgan fingerprint density at radius 2 is 2.38 bits per heavy atom. The molecule has 1 fully saturated rings. The van der Waals surface area contributed by atoms with E-state index in [0.717, 1.165) is 31.8 Å². The van der Waals surface area contributed by atoms with Crippen molar-refractivity contribution in [1.29, 1.82) is 0 Å². The Kier molecular flexibility index (Phi) is 3.35. The summed E-state index contributed by atoms with van der Waals surface area (Å²) in [7, 11) is 0. The first-order valence-corrected chi connectivity index (χ1v) is 5.37. The maximum atomic E-state index is 10.9. The summed E-state index contributed by atoms with van der Waals surface area (Å²) >= 11 is 0. The van der Waals surface area contributed by atoms with Crippen molar-refractivity contribution in [3.05, 3.63) is 12.2 Å². The molecule has 1 aliphatic heterocycles. The minimum absolute atomic E-state index is 0.325. The fourth-order valence-corrected chi connectivity index (χ4v) is 1.86. The smallest absolute Gasteiger partial charge is 0.314 e. The van der Waals surface area contributed by atoms with Crippen LogP contribution >= 0.6 is 0 Å². The van der Waals surface area contributed by atoms with Crippen LogP contribution in [0.5, 0.6) is 0 Å². The van der Waals surface area contributed by atoms with Gasteiger partial charge in [-0.05, 0) is 12.8 Å². The molecule has 2 rings (SSSR count). The normalized spacial score (nSPS) is 17.6. The van der Waals surface area contributed by atoms with Crippen molar-refractivity contribution in [2.45, 2.75) is 25.4 Å². The number of nitrogens with one attached hydrogen (secondary N) is 2. The Balaban J connectivity index is 1.71. The lowest BCUT2D eigenvalue weighted by Gasteiger charge is -2.31.